The summed E-state index contributed by atoms with van der Waals surface area (Å²) in [4.78, 5) is 30.5. The molecule has 2 aromatic carbocycles. The van der Waals surface area contributed by atoms with Crippen molar-refractivity contribution in [2.24, 2.45) is 0 Å². The molecular formula is C21H18N2O3. The van der Waals surface area contributed by atoms with Crippen molar-refractivity contribution in [1.29, 1.82) is 0 Å². The van der Waals surface area contributed by atoms with Gasteiger partial charge in [0.15, 0.2) is 0 Å². The number of imide groups is 1. The number of nitrogens with zero attached hydrogens (tertiary/aromatic N) is 1. The van der Waals surface area contributed by atoms with Crippen LogP contribution >= 0.6 is 0 Å². The lowest BCUT2D eigenvalue weighted by molar-refractivity contribution is 0.0571. The summed E-state index contributed by atoms with van der Waals surface area (Å²) in [7, 11) is 1.65. The number of aromatic nitrogens is 1. The highest BCUT2D eigenvalue weighted by Gasteiger charge is 2.41. The molecule has 1 aliphatic heterocycles. The van der Waals surface area contributed by atoms with Gasteiger partial charge in [0.2, 0.25) is 0 Å². The number of carbonyl (C=O) groups excluding carboxylic acids is 2. The largest absolute Gasteiger partial charge is 0.497 e. The van der Waals surface area contributed by atoms with Gasteiger partial charge in [0.25, 0.3) is 11.8 Å². The van der Waals surface area contributed by atoms with Crippen molar-refractivity contribution < 1.29 is 14.3 Å². The zero-order valence-electron chi connectivity index (χ0n) is 14.4. The van der Waals surface area contributed by atoms with E-state index in [1.807, 2.05) is 18.2 Å². The van der Waals surface area contributed by atoms with Crippen LogP contribution in [0, 0.1) is 0 Å². The molecule has 0 radical (unpaired) electrons. The molecule has 1 aromatic heterocycles. The van der Waals surface area contributed by atoms with E-state index in [0.29, 0.717) is 17.5 Å². The molecule has 2 aliphatic rings. The van der Waals surface area contributed by atoms with Gasteiger partial charge in [0.1, 0.15) is 5.75 Å². The number of nitrogens with one attached hydrogen (secondary N) is 1. The third-order valence-electron chi connectivity index (χ3n) is 5.56. The van der Waals surface area contributed by atoms with Crippen LogP contribution in [0.2, 0.25) is 0 Å². The van der Waals surface area contributed by atoms with E-state index < -0.39 is 0 Å². The number of hydrogen-bond donors (Lipinski definition) is 1. The smallest absolute Gasteiger partial charge is 0.261 e. The number of amides is 2. The third-order valence-corrected chi connectivity index (χ3v) is 5.56. The Hall–Kier alpha value is -3.08. The lowest BCUT2D eigenvalue weighted by Crippen LogP contribution is -2.43. The Labute approximate surface area is 150 Å². The maximum atomic E-state index is 12.8. The number of carbonyl (C=O) groups is 2. The van der Waals surface area contributed by atoms with Crippen LogP contribution < -0.4 is 4.74 Å². The van der Waals surface area contributed by atoms with E-state index in [4.69, 9.17) is 4.74 Å². The van der Waals surface area contributed by atoms with Gasteiger partial charge in [-0.15, -0.1) is 0 Å². The van der Waals surface area contributed by atoms with E-state index in [0.717, 1.165) is 29.5 Å². The van der Waals surface area contributed by atoms with Gasteiger partial charge in [-0.05, 0) is 55.2 Å². The highest BCUT2D eigenvalue weighted by Crippen LogP contribution is 2.35. The first-order valence-corrected chi connectivity index (χ1v) is 8.82. The minimum absolute atomic E-state index is 0.111. The maximum Gasteiger partial charge on any atom is 0.261 e. The quantitative estimate of drug-likeness (QED) is 0.724. The van der Waals surface area contributed by atoms with Crippen LogP contribution in [-0.2, 0) is 12.8 Å². The second-order valence-electron chi connectivity index (χ2n) is 6.92. The molecule has 1 unspecified atom stereocenters. The van der Waals surface area contributed by atoms with E-state index in [-0.39, 0.29) is 17.9 Å². The average molecular weight is 346 g/mol. The molecule has 0 spiro atoms. The molecule has 1 aliphatic carbocycles. The van der Waals surface area contributed by atoms with Gasteiger partial charge in [0.05, 0.1) is 18.2 Å². The highest BCUT2D eigenvalue weighted by molar-refractivity contribution is 6.21. The van der Waals surface area contributed by atoms with E-state index in [9.17, 15) is 9.59 Å². The van der Waals surface area contributed by atoms with Crippen LogP contribution in [0.3, 0.4) is 0 Å². The Kier molecular flexibility index (Phi) is 3.19. The lowest BCUT2D eigenvalue weighted by atomic mass is 9.90. The van der Waals surface area contributed by atoms with Crippen LogP contribution in [-0.4, -0.2) is 34.8 Å². The van der Waals surface area contributed by atoms with E-state index in [2.05, 4.69) is 4.98 Å². The minimum atomic E-state index is -0.170. The number of methoxy groups -OCH3 is 1. The van der Waals surface area contributed by atoms with E-state index in [1.165, 1.54) is 16.2 Å². The van der Waals surface area contributed by atoms with E-state index >= 15 is 0 Å². The summed E-state index contributed by atoms with van der Waals surface area (Å²) in [6, 6.07) is 12.9. The van der Waals surface area contributed by atoms with E-state index in [1.54, 1.807) is 31.4 Å². The van der Waals surface area contributed by atoms with Gasteiger partial charge >= 0.3 is 0 Å². The second-order valence-corrected chi connectivity index (χ2v) is 6.92. The number of ether oxygens (including phenoxy) is 1. The number of H-pyrrole nitrogens is 1. The molecule has 130 valence electrons. The zero-order valence-corrected chi connectivity index (χ0v) is 14.4. The maximum absolute atomic E-state index is 12.8. The van der Waals surface area contributed by atoms with Gasteiger partial charge in [-0.1, -0.05) is 12.1 Å². The molecule has 0 bridgehead atoms. The fourth-order valence-electron chi connectivity index (χ4n) is 4.26. The first-order valence-electron chi connectivity index (χ1n) is 8.82. The predicted octanol–water partition coefficient (Wildman–Crippen LogP) is 3.33. The van der Waals surface area contributed by atoms with Crippen LogP contribution in [0.1, 0.15) is 38.4 Å². The molecule has 2 amide bonds. The number of benzene rings is 2. The third kappa shape index (κ3) is 2.03. The molecule has 0 saturated carbocycles. The first-order chi connectivity index (χ1) is 12.7. The summed E-state index contributed by atoms with van der Waals surface area (Å²) in [5, 5.41) is 1.11. The lowest BCUT2D eigenvalue weighted by Gasteiger charge is -2.29. The topological polar surface area (TPSA) is 62.4 Å². The average Bonchev–Trinajstić information content (AvgIpc) is 3.16. The summed E-state index contributed by atoms with van der Waals surface area (Å²) < 4.78 is 5.35. The molecular weight excluding hydrogens is 328 g/mol. The number of aromatic amines is 1. The first kappa shape index (κ1) is 15.2. The SMILES string of the molecule is COc1ccc2[nH]c3c(c2c1)CC(N1C(=O)c2ccccc2C1=O)CC3. The molecule has 0 saturated heterocycles. The molecule has 0 fully saturated rings. The molecule has 26 heavy (non-hydrogen) atoms. The van der Waals surface area contributed by atoms with Crippen molar-refractivity contribution in [2.45, 2.75) is 25.3 Å². The summed E-state index contributed by atoms with van der Waals surface area (Å²) >= 11 is 0. The van der Waals surface area contributed by atoms with Crippen molar-refractivity contribution in [3.05, 3.63) is 64.8 Å². The van der Waals surface area contributed by atoms with Gasteiger partial charge in [-0.3, -0.25) is 14.5 Å². The summed E-state index contributed by atoms with van der Waals surface area (Å²) in [6.07, 6.45) is 2.28. The van der Waals surface area contributed by atoms with Gasteiger partial charge < -0.3 is 9.72 Å². The molecule has 1 atom stereocenters. The summed E-state index contributed by atoms with van der Waals surface area (Å²) in [5.74, 6) is 0.468. The Morgan fingerprint density at radius 3 is 2.50 bits per heavy atom. The number of rotatable bonds is 2. The predicted molar refractivity (Wildman–Crippen MR) is 97.6 cm³/mol. The fraction of sp³-hybridized carbons (Fsp3) is 0.238. The van der Waals surface area contributed by atoms with Gasteiger partial charge in [-0.2, -0.15) is 0 Å². The highest BCUT2D eigenvalue weighted by atomic mass is 16.5. The van der Waals surface area contributed by atoms with Crippen LogP contribution in [0.15, 0.2) is 42.5 Å². The van der Waals surface area contributed by atoms with Crippen molar-refractivity contribution in [3.63, 3.8) is 0 Å². The number of aryl methyl sites for hydroxylation is 1. The van der Waals surface area contributed by atoms with Crippen molar-refractivity contribution >= 4 is 22.7 Å². The fourth-order valence-corrected chi connectivity index (χ4v) is 4.26. The number of hydrogen-bond acceptors (Lipinski definition) is 3. The molecule has 5 heteroatoms. The normalized spacial score (nSPS) is 19.0. The van der Waals surface area contributed by atoms with Crippen molar-refractivity contribution in [2.75, 3.05) is 7.11 Å². The molecule has 5 nitrogen and oxygen atoms in total. The Morgan fingerprint density at radius 2 is 1.81 bits per heavy atom. The summed E-state index contributed by atoms with van der Waals surface area (Å²) in [6.45, 7) is 0. The Balaban J connectivity index is 1.53. The van der Waals surface area contributed by atoms with Crippen LogP contribution in [0.5, 0.6) is 5.75 Å². The molecule has 5 rings (SSSR count). The standard InChI is InChI=1S/C21H18N2O3/c1-26-13-7-9-19-17(11-13)16-10-12(6-8-18(16)22-19)23-20(24)14-4-2-3-5-15(14)21(23)25/h2-5,7,9,11-12,22H,6,8,10H2,1H3. The molecule has 1 N–H and O–H groups in total. The zero-order chi connectivity index (χ0) is 17.8. The minimum Gasteiger partial charge on any atom is -0.497 e. The van der Waals surface area contributed by atoms with Crippen molar-refractivity contribution in [3.8, 4) is 5.75 Å². The molecule has 3 aromatic rings. The van der Waals surface area contributed by atoms with Crippen molar-refractivity contribution in [1.82, 2.24) is 9.88 Å². The summed E-state index contributed by atoms with van der Waals surface area (Å²) in [5.41, 5.74) is 4.49. The van der Waals surface area contributed by atoms with Crippen LogP contribution in [0.25, 0.3) is 10.9 Å². The Bertz CT molecular complexity index is 1030. The van der Waals surface area contributed by atoms with Crippen LogP contribution in [0.4, 0.5) is 0 Å². The monoisotopic (exact) mass is 346 g/mol. The molecule has 2 heterocycles. The number of fused-ring (bicyclic) bond motifs is 4. The van der Waals surface area contributed by atoms with Gasteiger partial charge in [-0.25, -0.2) is 0 Å². The second kappa shape index (κ2) is 5.46. The Morgan fingerprint density at radius 1 is 1.08 bits per heavy atom. The van der Waals surface area contributed by atoms with Gasteiger partial charge in [0, 0.05) is 22.6 Å².